The average molecular weight is 586 g/mol. The number of benzodiazepines with no additional fused rings is 1. The number of halogens is 2. The lowest BCUT2D eigenvalue weighted by molar-refractivity contribution is -0.119. The van der Waals surface area contributed by atoms with E-state index >= 15 is 0 Å². The summed E-state index contributed by atoms with van der Waals surface area (Å²) in [7, 11) is 1.61. The monoisotopic (exact) mass is 585 g/mol. The zero-order valence-electron chi connectivity index (χ0n) is 22.0. The first-order valence-electron chi connectivity index (χ1n) is 13.0. The van der Waals surface area contributed by atoms with Gasteiger partial charge in [-0.05, 0) is 53.9 Å². The first kappa shape index (κ1) is 26.8. The van der Waals surface area contributed by atoms with Gasteiger partial charge in [0.05, 0.1) is 35.9 Å². The molecular formula is C31H25Cl2N5O3. The molecule has 0 fully saturated rings. The fourth-order valence-electron chi connectivity index (χ4n) is 5.02. The molecule has 0 aliphatic carbocycles. The number of aromatic nitrogens is 3. The van der Waals surface area contributed by atoms with Crippen LogP contribution in [0, 0.1) is 0 Å². The molecule has 10 heteroatoms. The zero-order valence-corrected chi connectivity index (χ0v) is 23.5. The highest BCUT2D eigenvalue weighted by atomic mass is 35.5. The minimum absolute atomic E-state index is 0.237. The summed E-state index contributed by atoms with van der Waals surface area (Å²) in [5, 5.41) is -0.158. The van der Waals surface area contributed by atoms with Crippen LogP contribution in [0.4, 0.5) is 5.69 Å². The maximum atomic E-state index is 14.4. The van der Waals surface area contributed by atoms with Gasteiger partial charge in [-0.15, -0.1) is 11.6 Å². The molecule has 2 N–H and O–H groups in total. The molecule has 206 valence electrons. The molecule has 0 bridgehead atoms. The van der Waals surface area contributed by atoms with Gasteiger partial charge in [0.1, 0.15) is 11.8 Å². The van der Waals surface area contributed by atoms with Gasteiger partial charge in [-0.2, -0.15) is 0 Å². The van der Waals surface area contributed by atoms with E-state index in [-0.39, 0.29) is 18.1 Å². The number of carbonyl (C=O) groups is 1. The first-order valence-corrected chi connectivity index (χ1v) is 13.8. The molecule has 41 heavy (non-hydrogen) atoms. The number of aliphatic imine (C=N–C) groups is 1. The van der Waals surface area contributed by atoms with Crippen molar-refractivity contribution in [2.24, 2.45) is 4.99 Å². The van der Waals surface area contributed by atoms with E-state index < -0.39 is 11.4 Å². The Hall–Kier alpha value is -4.40. The topological polar surface area (TPSA) is 103 Å². The molecule has 3 aromatic carbocycles. The van der Waals surface area contributed by atoms with Crippen LogP contribution in [0.2, 0.25) is 5.02 Å². The second-order valence-corrected chi connectivity index (χ2v) is 10.8. The highest BCUT2D eigenvalue weighted by Gasteiger charge is 2.36. The summed E-state index contributed by atoms with van der Waals surface area (Å²) in [4.78, 5) is 42.8. The fraction of sp³-hybridized carbons (Fsp3) is 0.161. The second kappa shape index (κ2) is 11.2. The van der Waals surface area contributed by atoms with Gasteiger partial charge in [-0.1, -0.05) is 54.1 Å². The van der Waals surface area contributed by atoms with E-state index in [0.717, 1.165) is 16.9 Å². The number of rotatable bonds is 7. The molecule has 0 saturated heterocycles. The number of anilines is 1. The van der Waals surface area contributed by atoms with Crippen LogP contribution in [0.15, 0.2) is 94.8 Å². The normalized spacial score (nSPS) is 15.8. The Labute approximate surface area is 245 Å². The molecule has 6 rings (SSSR count). The highest BCUT2D eigenvalue weighted by Crippen LogP contribution is 2.34. The quantitative estimate of drug-likeness (QED) is 0.245. The van der Waals surface area contributed by atoms with E-state index in [1.807, 2.05) is 60.7 Å². The van der Waals surface area contributed by atoms with E-state index in [0.29, 0.717) is 45.1 Å². The largest absolute Gasteiger partial charge is 0.497 e. The third-order valence-corrected chi connectivity index (χ3v) is 7.68. The zero-order chi connectivity index (χ0) is 28.5. The number of nitrogens with zero attached hydrogens (tertiary/aromatic N) is 3. The van der Waals surface area contributed by atoms with Crippen LogP contribution in [-0.2, 0) is 17.8 Å². The molecule has 8 nitrogen and oxygen atoms in total. The van der Waals surface area contributed by atoms with E-state index in [4.69, 9.17) is 32.9 Å². The van der Waals surface area contributed by atoms with Gasteiger partial charge < -0.3 is 14.6 Å². The number of benzene rings is 3. The Morgan fingerprint density at radius 2 is 1.76 bits per heavy atom. The number of ether oxygens (including phenoxy) is 1. The summed E-state index contributed by atoms with van der Waals surface area (Å²) >= 11 is 13.5. The number of hydrogen-bond acceptors (Lipinski definition) is 5. The van der Waals surface area contributed by atoms with Crippen LogP contribution in [0.1, 0.15) is 22.3 Å². The van der Waals surface area contributed by atoms with Crippen LogP contribution in [0.5, 0.6) is 5.75 Å². The number of nitrogens with one attached hydrogen (secondary N) is 2. The lowest BCUT2D eigenvalue weighted by Gasteiger charge is -2.27. The average Bonchev–Trinajstić information content (AvgIpc) is 3.31. The fourth-order valence-corrected chi connectivity index (χ4v) is 5.53. The van der Waals surface area contributed by atoms with Crippen LogP contribution >= 0.6 is 23.2 Å². The van der Waals surface area contributed by atoms with Crippen molar-refractivity contribution in [2.75, 3.05) is 12.0 Å². The molecule has 0 spiro atoms. The number of hydrogen-bond donors (Lipinski definition) is 2. The van der Waals surface area contributed by atoms with Gasteiger partial charge in [0.25, 0.3) is 5.91 Å². The minimum Gasteiger partial charge on any atom is -0.497 e. The van der Waals surface area contributed by atoms with Crippen molar-refractivity contribution in [3.63, 3.8) is 0 Å². The number of fused-ring (bicyclic) bond motifs is 2. The van der Waals surface area contributed by atoms with Crippen LogP contribution < -0.4 is 15.3 Å². The van der Waals surface area contributed by atoms with Crippen molar-refractivity contribution in [3.8, 4) is 5.75 Å². The number of carbonyl (C=O) groups excluding carboxylic acids is 1. The summed E-state index contributed by atoms with van der Waals surface area (Å²) < 4.78 is 5.31. The standard InChI is InChI=1S/C31H25Cl2N5O3/c1-41-22-10-7-19(8-11-22)17-38-26-12-9-21(32)15-23(26)27(20-14-25-29(34-16-20)37-31(40)35-25)36-28(30(38)39)24(33)13-18-5-3-2-4-6-18/h2-12,14-16,24,28H,13,17H2,1H3,(H2,34,35,37,40). The van der Waals surface area contributed by atoms with E-state index in [1.54, 1.807) is 36.4 Å². The Morgan fingerprint density at radius 3 is 2.51 bits per heavy atom. The molecule has 0 saturated carbocycles. The SMILES string of the molecule is COc1ccc(CN2C(=O)C(C(Cl)Cc3ccccc3)N=C(c3cnc4[nH]c(=O)[nH]c4c3)c3cc(Cl)ccc32)cc1. The molecule has 2 unspecified atom stereocenters. The van der Waals surface area contributed by atoms with Gasteiger partial charge in [-0.3, -0.25) is 14.8 Å². The number of methoxy groups -OCH3 is 1. The summed E-state index contributed by atoms with van der Waals surface area (Å²) in [6.45, 7) is 0.286. The Kier molecular flexibility index (Phi) is 7.34. The molecule has 2 atom stereocenters. The van der Waals surface area contributed by atoms with Gasteiger partial charge in [0.2, 0.25) is 0 Å². The third-order valence-electron chi connectivity index (χ3n) is 7.05. The van der Waals surface area contributed by atoms with Crippen molar-refractivity contribution in [1.29, 1.82) is 0 Å². The minimum atomic E-state index is -0.919. The lowest BCUT2D eigenvalue weighted by Crippen LogP contribution is -2.42. The van der Waals surface area contributed by atoms with Crippen molar-refractivity contribution in [1.82, 2.24) is 15.0 Å². The lowest BCUT2D eigenvalue weighted by atomic mass is 10.0. The number of amides is 1. The second-order valence-electron chi connectivity index (χ2n) is 9.76. The Morgan fingerprint density at radius 1 is 0.976 bits per heavy atom. The number of alkyl halides is 1. The summed E-state index contributed by atoms with van der Waals surface area (Å²) in [6, 6.07) is 23.6. The Bertz CT molecular complexity index is 1820. The molecule has 3 heterocycles. The van der Waals surface area contributed by atoms with Crippen molar-refractivity contribution in [2.45, 2.75) is 24.4 Å². The summed E-state index contributed by atoms with van der Waals surface area (Å²) in [6.07, 6.45) is 2.06. The summed E-state index contributed by atoms with van der Waals surface area (Å²) in [5.41, 5.74) is 4.91. The molecule has 5 aromatic rings. The smallest absolute Gasteiger partial charge is 0.325 e. The molecule has 0 radical (unpaired) electrons. The van der Waals surface area contributed by atoms with E-state index in [1.165, 1.54) is 0 Å². The third kappa shape index (κ3) is 5.49. The van der Waals surface area contributed by atoms with Gasteiger partial charge >= 0.3 is 5.69 Å². The van der Waals surface area contributed by atoms with E-state index in [2.05, 4.69) is 15.0 Å². The predicted octanol–water partition coefficient (Wildman–Crippen LogP) is 5.52. The summed E-state index contributed by atoms with van der Waals surface area (Å²) in [5.74, 6) is 0.486. The van der Waals surface area contributed by atoms with Crippen LogP contribution in [-0.4, -0.2) is 45.1 Å². The van der Waals surface area contributed by atoms with Crippen LogP contribution in [0.3, 0.4) is 0 Å². The molecule has 2 aromatic heterocycles. The van der Waals surface area contributed by atoms with Gasteiger partial charge in [0, 0.05) is 22.3 Å². The number of aromatic amines is 2. The van der Waals surface area contributed by atoms with Gasteiger partial charge in [-0.25, -0.2) is 9.78 Å². The van der Waals surface area contributed by atoms with Crippen molar-refractivity contribution in [3.05, 3.63) is 123 Å². The van der Waals surface area contributed by atoms with Gasteiger partial charge in [0.15, 0.2) is 5.65 Å². The van der Waals surface area contributed by atoms with E-state index in [9.17, 15) is 9.59 Å². The number of H-pyrrole nitrogens is 2. The first-order chi connectivity index (χ1) is 19.9. The van der Waals surface area contributed by atoms with Crippen LogP contribution in [0.25, 0.3) is 11.2 Å². The maximum absolute atomic E-state index is 14.4. The molecule has 1 amide bonds. The molecular weight excluding hydrogens is 561 g/mol. The molecule has 1 aliphatic rings. The molecule has 1 aliphatic heterocycles. The predicted molar refractivity (Wildman–Crippen MR) is 162 cm³/mol. The maximum Gasteiger partial charge on any atom is 0.325 e. The Balaban J connectivity index is 1.50. The van der Waals surface area contributed by atoms with Crippen molar-refractivity contribution >= 4 is 51.7 Å². The number of pyridine rings is 1. The highest BCUT2D eigenvalue weighted by molar-refractivity contribution is 6.32. The number of imidazole rings is 1. The van der Waals surface area contributed by atoms with Crippen molar-refractivity contribution < 1.29 is 9.53 Å².